The van der Waals surface area contributed by atoms with Crippen LogP contribution in [0.4, 0.5) is 5.82 Å². The molecule has 1 aliphatic heterocycles. The number of hydrogen-bond acceptors (Lipinski definition) is 5. The quantitative estimate of drug-likeness (QED) is 0.829. The van der Waals surface area contributed by atoms with E-state index in [4.69, 9.17) is 11.6 Å². The predicted octanol–water partition coefficient (Wildman–Crippen LogP) is 0.801. The minimum absolute atomic E-state index is 0.0272. The number of nitrogens with zero attached hydrogens (tertiary/aromatic N) is 5. The smallest absolute Gasteiger partial charge is 0.255 e. The van der Waals surface area contributed by atoms with Gasteiger partial charge in [-0.3, -0.25) is 4.79 Å². The van der Waals surface area contributed by atoms with Gasteiger partial charge in [0, 0.05) is 18.7 Å². The van der Waals surface area contributed by atoms with Gasteiger partial charge in [0.1, 0.15) is 23.3 Å². The number of rotatable bonds is 2. The molecule has 0 radical (unpaired) electrons. The number of anilines is 1. The topological polar surface area (TPSA) is 75.4 Å². The van der Waals surface area contributed by atoms with Gasteiger partial charge in [0.05, 0.1) is 0 Å². The fourth-order valence-electron chi connectivity index (χ4n) is 2.59. The van der Waals surface area contributed by atoms with Crippen molar-refractivity contribution in [3.05, 3.63) is 17.0 Å². The van der Waals surface area contributed by atoms with Gasteiger partial charge in [0.2, 0.25) is 5.91 Å². The van der Waals surface area contributed by atoms with Gasteiger partial charge in [-0.25, -0.2) is 0 Å². The lowest BCUT2D eigenvalue weighted by Crippen LogP contribution is -2.55. The normalized spacial score (nSPS) is 19.4. The van der Waals surface area contributed by atoms with Gasteiger partial charge in [-0.1, -0.05) is 18.5 Å². The maximum absolute atomic E-state index is 12.0. The molecular formula is C12H15ClN6O. The lowest BCUT2D eigenvalue weighted by atomic mass is 10.1. The van der Waals surface area contributed by atoms with E-state index in [1.54, 1.807) is 4.52 Å². The van der Waals surface area contributed by atoms with Crippen LogP contribution < -0.4 is 10.2 Å². The number of amides is 1. The van der Waals surface area contributed by atoms with Crippen LogP contribution in [0.15, 0.2) is 6.33 Å². The molecule has 0 aliphatic carbocycles. The lowest BCUT2D eigenvalue weighted by molar-refractivity contribution is -0.123. The maximum Gasteiger partial charge on any atom is 0.255 e. The Kier molecular flexibility index (Phi) is 3.21. The van der Waals surface area contributed by atoms with Gasteiger partial charge >= 0.3 is 0 Å². The van der Waals surface area contributed by atoms with Crippen molar-refractivity contribution in [2.75, 3.05) is 18.0 Å². The Morgan fingerprint density at radius 1 is 1.55 bits per heavy atom. The highest BCUT2D eigenvalue weighted by molar-refractivity contribution is 6.30. The molecule has 1 N–H and O–H groups in total. The summed E-state index contributed by atoms with van der Waals surface area (Å²) in [6.07, 6.45) is 2.15. The zero-order chi connectivity index (χ0) is 14.3. The summed E-state index contributed by atoms with van der Waals surface area (Å²) in [6, 6.07) is -0.228. The molecule has 1 amide bonds. The van der Waals surface area contributed by atoms with E-state index in [0.717, 1.165) is 11.4 Å². The molecule has 0 aromatic carbocycles. The number of hydrogen-bond donors (Lipinski definition) is 1. The molecule has 7 nitrogen and oxygen atoms in total. The zero-order valence-corrected chi connectivity index (χ0v) is 12.1. The fraction of sp³-hybridized carbons (Fsp3) is 0.500. The second-order valence-electron chi connectivity index (χ2n) is 4.73. The van der Waals surface area contributed by atoms with Crippen LogP contribution in [0.3, 0.4) is 0 Å². The Balaban J connectivity index is 2.19. The van der Waals surface area contributed by atoms with Crippen LogP contribution in [0.25, 0.3) is 5.78 Å². The first-order valence-electron chi connectivity index (χ1n) is 6.53. The second-order valence-corrected chi connectivity index (χ2v) is 5.09. The summed E-state index contributed by atoms with van der Waals surface area (Å²) in [6.45, 7) is 5.18. The third-order valence-electron chi connectivity index (χ3n) is 3.56. The van der Waals surface area contributed by atoms with Crippen molar-refractivity contribution in [2.24, 2.45) is 0 Å². The van der Waals surface area contributed by atoms with Crippen LogP contribution in [0.1, 0.15) is 18.9 Å². The SMILES string of the molecule is CCC1C(=O)NCCN1c1c(C)c(Cl)nc2ncnn12. The number of halogens is 1. The van der Waals surface area contributed by atoms with Crippen molar-refractivity contribution in [3.8, 4) is 0 Å². The van der Waals surface area contributed by atoms with Crippen LogP contribution in [0, 0.1) is 6.92 Å². The molecule has 1 unspecified atom stereocenters. The molecule has 0 spiro atoms. The van der Waals surface area contributed by atoms with E-state index in [1.165, 1.54) is 6.33 Å². The third-order valence-corrected chi connectivity index (χ3v) is 3.93. The molecular weight excluding hydrogens is 280 g/mol. The first-order chi connectivity index (χ1) is 9.63. The Morgan fingerprint density at radius 2 is 2.35 bits per heavy atom. The molecule has 1 fully saturated rings. The first-order valence-corrected chi connectivity index (χ1v) is 6.91. The molecule has 1 aliphatic rings. The van der Waals surface area contributed by atoms with Gasteiger partial charge in [0.25, 0.3) is 5.78 Å². The van der Waals surface area contributed by atoms with Crippen molar-refractivity contribution in [1.82, 2.24) is 24.9 Å². The van der Waals surface area contributed by atoms with Crippen molar-refractivity contribution >= 4 is 29.1 Å². The van der Waals surface area contributed by atoms with E-state index in [0.29, 0.717) is 30.4 Å². The van der Waals surface area contributed by atoms with Gasteiger partial charge in [-0.05, 0) is 13.3 Å². The van der Waals surface area contributed by atoms with Crippen molar-refractivity contribution in [2.45, 2.75) is 26.3 Å². The highest BCUT2D eigenvalue weighted by Gasteiger charge is 2.31. The number of nitrogens with one attached hydrogen (secondary N) is 1. The molecule has 20 heavy (non-hydrogen) atoms. The van der Waals surface area contributed by atoms with Crippen molar-refractivity contribution < 1.29 is 4.79 Å². The van der Waals surface area contributed by atoms with E-state index in [9.17, 15) is 4.79 Å². The Morgan fingerprint density at radius 3 is 3.10 bits per heavy atom. The Bertz CT molecular complexity index is 669. The summed E-state index contributed by atoms with van der Waals surface area (Å²) >= 11 is 6.18. The summed E-state index contributed by atoms with van der Waals surface area (Å²) in [4.78, 5) is 22.3. The predicted molar refractivity (Wildman–Crippen MR) is 75.0 cm³/mol. The maximum atomic E-state index is 12.0. The summed E-state index contributed by atoms with van der Waals surface area (Å²) in [5.74, 6) is 1.26. The largest absolute Gasteiger partial charge is 0.353 e. The average molecular weight is 295 g/mol. The molecule has 0 saturated carbocycles. The molecule has 2 aromatic heterocycles. The molecule has 1 atom stereocenters. The van der Waals surface area contributed by atoms with E-state index >= 15 is 0 Å². The average Bonchev–Trinajstić information content (AvgIpc) is 2.87. The number of carbonyl (C=O) groups excluding carboxylic acids is 1. The van der Waals surface area contributed by atoms with E-state index in [-0.39, 0.29) is 11.9 Å². The van der Waals surface area contributed by atoms with Crippen LogP contribution >= 0.6 is 11.6 Å². The summed E-state index contributed by atoms with van der Waals surface area (Å²) in [7, 11) is 0. The zero-order valence-electron chi connectivity index (χ0n) is 11.3. The van der Waals surface area contributed by atoms with Crippen LogP contribution in [0.5, 0.6) is 0 Å². The van der Waals surface area contributed by atoms with E-state index in [1.807, 2.05) is 18.7 Å². The molecule has 0 bridgehead atoms. The van der Waals surface area contributed by atoms with Crippen molar-refractivity contribution in [1.29, 1.82) is 0 Å². The standard InChI is InChI=1S/C12H15ClN6O/c1-3-8-10(20)14-4-5-18(8)11-7(2)9(13)17-12-15-6-16-19(11)12/h6,8H,3-5H2,1-2H3,(H,14,20). The van der Waals surface area contributed by atoms with Gasteiger partial charge in [-0.15, -0.1) is 0 Å². The second kappa shape index (κ2) is 4.90. The number of piperazine rings is 1. The summed E-state index contributed by atoms with van der Waals surface area (Å²) in [5, 5.41) is 7.47. The summed E-state index contributed by atoms with van der Waals surface area (Å²) in [5.41, 5.74) is 0.804. The Labute approximate surface area is 121 Å². The van der Waals surface area contributed by atoms with Gasteiger partial charge in [0.15, 0.2) is 0 Å². The highest BCUT2D eigenvalue weighted by atomic mass is 35.5. The molecule has 2 aromatic rings. The van der Waals surface area contributed by atoms with E-state index < -0.39 is 0 Å². The highest BCUT2D eigenvalue weighted by Crippen LogP contribution is 2.28. The summed E-state index contributed by atoms with van der Waals surface area (Å²) < 4.78 is 1.64. The number of fused-ring (bicyclic) bond motifs is 1. The number of carbonyl (C=O) groups is 1. The Hall–Kier alpha value is -1.89. The minimum atomic E-state index is -0.228. The monoisotopic (exact) mass is 294 g/mol. The molecule has 1 saturated heterocycles. The van der Waals surface area contributed by atoms with Crippen LogP contribution in [-0.2, 0) is 4.79 Å². The van der Waals surface area contributed by atoms with Crippen LogP contribution in [0.2, 0.25) is 5.15 Å². The molecule has 106 valence electrons. The minimum Gasteiger partial charge on any atom is -0.353 e. The first kappa shape index (κ1) is 13.1. The molecule has 3 heterocycles. The van der Waals surface area contributed by atoms with Crippen LogP contribution in [-0.4, -0.2) is 44.6 Å². The van der Waals surface area contributed by atoms with Gasteiger partial charge in [-0.2, -0.15) is 19.6 Å². The fourth-order valence-corrected chi connectivity index (χ4v) is 2.76. The number of aromatic nitrogens is 4. The van der Waals surface area contributed by atoms with E-state index in [2.05, 4.69) is 20.4 Å². The lowest BCUT2D eigenvalue weighted by Gasteiger charge is -2.36. The molecule has 3 rings (SSSR count). The third kappa shape index (κ3) is 1.89. The van der Waals surface area contributed by atoms with Gasteiger partial charge < -0.3 is 10.2 Å². The van der Waals surface area contributed by atoms with Crippen molar-refractivity contribution in [3.63, 3.8) is 0 Å². The molecule has 8 heteroatoms.